The van der Waals surface area contributed by atoms with Gasteiger partial charge in [-0.3, -0.25) is 14.5 Å². The summed E-state index contributed by atoms with van der Waals surface area (Å²) >= 11 is 1.10. The van der Waals surface area contributed by atoms with Crippen molar-refractivity contribution in [1.82, 2.24) is 10.2 Å². The number of amides is 2. The number of carbonyl (C=O) groups excluding carboxylic acids is 2. The zero-order valence-electron chi connectivity index (χ0n) is 14.3. The summed E-state index contributed by atoms with van der Waals surface area (Å²) in [5.74, 6) is -2.56. The van der Waals surface area contributed by atoms with E-state index in [9.17, 15) is 32.7 Å². The molecule has 0 bridgehead atoms. The second-order valence-electron chi connectivity index (χ2n) is 6.17. The van der Waals surface area contributed by atoms with Crippen LogP contribution >= 0.6 is 11.8 Å². The molecular formula is C18H15F3N2O4S. The SMILES string of the molecule is O=C(Cc1ccccc1)NC1C(=O)N2C(C(=O)O)=C(C=CC(F)(F)F)CS[C@H]12. The van der Waals surface area contributed by atoms with E-state index in [1.807, 2.05) is 0 Å². The minimum absolute atomic E-state index is 0.0201. The topological polar surface area (TPSA) is 86.7 Å². The van der Waals surface area contributed by atoms with Gasteiger partial charge in [-0.25, -0.2) is 4.79 Å². The molecule has 1 fully saturated rings. The first-order valence-corrected chi connectivity index (χ1v) is 9.22. The molecule has 0 radical (unpaired) electrons. The van der Waals surface area contributed by atoms with E-state index in [0.29, 0.717) is 6.08 Å². The number of carbonyl (C=O) groups is 3. The summed E-state index contributed by atoms with van der Waals surface area (Å²) in [6.45, 7) is 0. The number of carboxylic acids is 1. The van der Waals surface area contributed by atoms with Crippen molar-refractivity contribution in [3.8, 4) is 0 Å². The molecule has 2 aliphatic heterocycles. The van der Waals surface area contributed by atoms with E-state index in [0.717, 1.165) is 22.2 Å². The van der Waals surface area contributed by atoms with E-state index in [4.69, 9.17) is 0 Å². The first-order chi connectivity index (χ1) is 13.2. The molecule has 1 aromatic rings. The highest BCUT2D eigenvalue weighted by Gasteiger charge is 2.54. The Morgan fingerprint density at radius 1 is 1.29 bits per heavy atom. The molecule has 0 spiro atoms. The summed E-state index contributed by atoms with van der Waals surface area (Å²) in [6, 6.07) is 7.95. The van der Waals surface area contributed by atoms with Gasteiger partial charge in [0.2, 0.25) is 5.91 Å². The summed E-state index contributed by atoms with van der Waals surface area (Å²) in [5.41, 5.74) is 0.168. The van der Waals surface area contributed by atoms with E-state index in [2.05, 4.69) is 5.32 Å². The molecule has 2 amide bonds. The van der Waals surface area contributed by atoms with Gasteiger partial charge in [0.1, 0.15) is 17.1 Å². The molecule has 2 aliphatic rings. The van der Waals surface area contributed by atoms with Gasteiger partial charge in [-0.05, 0) is 11.1 Å². The van der Waals surface area contributed by atoms with Crippen LogP contribution in [0.15, 0.2) is 53.8 Å². The zero-order valence-corrected chi connectivity index (χ0v) is 15.1. The van der Waals surface area contributed by atoms with Gasteiger partial charge in [-0.15, -0.1) is 11.8 Å². The summed E-state index contributed by atoms with van der Waals surface area (Å²) < 4.78 is 37.2. The predicted octanol–water partition coefficient (Wildman–Crippen LogP) is 2.09. The summed E-state index contributed by atoms with van der Waals surface area (Å²) in [5, 5.41) is 11.3. The third-order valence-electron chi connectivity index (χ3n) is 4.20. The first kappa shape index (κ1) is 20.0. The van der Waals surface area contributed by atoms with Crippen LogP contribution in [0.5, 0.6) is 0 Å². The second-order valence-corrected chi connectivity index (χ2v) is 7.28. The van der Waals surface area contributed by atoms with Crippen molar-refractivity contribution in [2.24, 2.45) is 0 Å². The number of nitrogens with one attached hydrogen (secondary N) is 1. The Morgan fingerprint density at radius 2 is 1.96 bits per heavy atom. The molecule has 1 saturated heterocycles. The molecule has 0 aromatic heterocycles. The molecule has 2 N–H and O–H groups in total. The molecule has 3 rings (SSSR count). The van der Waals surface area contributed by atoms with Crippen LogP contribution in [-0.2, 0) is 20.8 Å². The maximum Gasteiger partial charge on any atom is 0.409 e. The molecule has 2 heterocycles. The highest BCUT2D eigenvalue weighted by molar-refractivity contribution is 8.00. The number of carboxylic acid groups (broad SMARTS) is 1. The van der Waals surface area contributed by atoms with Crippen LogP contribution < -0.4 is 5.32 Å². The number of benzene rings is 1. The molecular weight excluding hydrogens is 397 g/mol. The van der Waals surface area contributed by atoms with Crippen LogP contribution in [0.1, 0.15) is 5.56 Å². The maximum absolute atomic E-state index is 12.4. The maximum atomic E-state index is 12.4. The van der Waals surface area contributed by atoms with Crippen LogP contribution in [0.2, 0.25) is 0 Å². The van der Waals surface area contributed by atoms with Crippen LogP contribution in [0.3, 0.4) is 0 Å². The summed E-state index contributed by atoms with van der Waals surface area (Å²) in [7, 11) is 0. The average Bonchev–Trinajstić information content (AvgIpc) is 2.63. The zero-order chi connectivity index (χ0) is 20.5. The average molecular weight is 412 g/mol. The minimum atomic E-state index is -4.59. The lowest BCUT2D eigenvalue weighted by molar-refractivity contribution is -0.150. The lowest BCUT2D eigenvalue weighted by Crippen LogP contribution is -2.70. The van der Waals surface area contributed by atoms with Gasteiger partial charge in [0.15, 0.2) is 0 Å². The number of allylic oxidation sites excluding steroid dienone is 2. The van der Waals surface area contributed by atoms with Gasteiger partial charge in [0, 0.05) is 11.8 Å². The van der Waals surface area contributed by atoms with Crippen LogP contribution in [-0.4, -0.2) is 51.1 Å². The van der Waals surface area contributed by atoms with Crippen LogP contribution in [0.25, 0.3) is 0 Å². The number of thioether (sulfide) groups is 1. The van der Waals surface area contributed by atoms with Crippen molar-refractivity contribution in [3.05, 3.63) is 59.3 Å². The Kier molecular flexibility index (Phi) is 5.50. The van der Waals surface area contributed by atoms with Crippen molar-refractivity contribution >= 4 is 29.5 Å². The van der Waals surface area contributed by atoms with Crippen LogP contribution in [0.4, 0.5) is 13.2 Å². The number of hydrogen-bond donors (Lipinski definition) is 2. The number of aliphatic carboxylic acids is 1. The minimum Gasteiger partial charge on any atom is -0.477 e. The Bertz CT molecular complexity index is 867. The molecule has 10 heteroatoms. The Morgan fingerprint density at radius 3 is 2.57 bits per heavy atom. The van der Waals surface area contributed by atoms with Crippen LogP contribution in [0, 0.1) is 0 Å². The van der Waals surface area contributed by atoms with Crippen molar-refractivity contribution in [2.45, 2.75) is 24.0 Å². The number of fused-ring (bicyclic) bond motifs is 1. The fourth-order valence-corrected chi connectivity index (χ4v) is 4.29. The predicted molar refractivity (Wildman–Crippen MR) is 95.0 cm³/mol. The summed E-state index contributed by atoms with van der Waals surface area (Å²) in [6.07, 6.45) is -3.93. The number of β-lactam (4-membered cyclic amide) rings is 1. The van der Waals surface area contributed by atoms with E-state index in [-0.39, 0.29) is 23.8 Å². The van der Waals surface area contributed by atoms with Gasteiger partial charge < -0.3 is 10.4 Å². The normalized spacial score (nSPS) is 22.1. The number of halogens is 3. The standard InChI is InChI=1S/C18H15F3N2O4S/c19-18(20,21)7-6-11-9-28-16-13(15(25)23(16)14(11)17(26)27)22-12(24)8-10-4-2-1-3-5-10/h1-7,13,16H,8-9H2,(H,22,24)(H,26,27)/t13?,16-/m1/s1. The highest BCUT2D eigenvalue weighted by atomic mass is 32.2. The Hall–Kier alpha value is -2.75. The fraction of sp³-hybridized carbons (Fsp3) is 0.278. The van der Waals surface area contributed by atoms with Crippen molar-refractivity contribution < 1.29 is 32.7 Å². The highest BCUT2D eigenvalue weighted by Crippen LogP contribution is 2.41. The summed E-state index contributed by atoms with van der Waals surface area (Å²) in [4.78, 5) is 37.0. The van der Waals surface area contributed by atoms with Gasteiger partial charge >= 0.3 is 12.1 Å². The molecule has 28 heavy (non-hydrogen) atoms. The van der Waals surface area contributed by atoms with Gasteiger partial charge in [-0.1, -0.05) is 36.4 Å². The number of hydrogen-bond acceptors (Lipinski definition) is 4. The number of nitrogens with zero attached hydrogens (tertiary/aromatic N) is 1. The van der Waals surface area contributed by atoms with Gasteiger partial charge in [0.25, 0.3) is 5.91 Å². The molecule has 0 aliphatic carbocycles. The monoisotopic (exact) mass is 412 g/mol. The Labute approximate surface area is 162 Å². The molecule has 0 saturated carbocycles. The van der Waals surface area contributed by atoms with E-state index in [1.54, 1.807) is 30.3 Å². The largest absolute Gasteiger partial charge is 0.477 e. The molecule has 2 atom stereocenters. The third kappa shape index (κ3) is 4.22. The Balaban J connectivity index is 1.73. The molecule has 148 valence electrons. The fourth-order valence-electron chi connectivity index (χ4n) is 2.97. The smallest absolute Gasteiger partial charge is 0.409 e. The third-order valence-corrected chi connectivity index (χ3v) is 5.50. The lowest BCUT2D eigenvalue weighted by atomic mass is 10.0. The lowest BCUT2D eigenvalue weighted by Gasteiger charge is -2.49. The quantitative estimate of drug-likeness (QED) is 0.724. The van der Waals surface area contributed by atoms with Crippen molar-refractivity contribution in [3.63, 3.8) is 0 Å². The van der Waals surface area contributed by atoms with E-state index >= 15 is 0 Å². The van der Waals surface area contributed by atoms with E-state index < -0.39 is 41.1 Å². The molecule has 1 unspecified atom stereocenters. The molecule has 6 nitrogen and oxygen atoms in total. The van der Waals surface area contributed by atoms with Gasteiger partial charge in [-0.2, -0.15) is 13.2 Å². The molecule has 1 aromatic carbocycles. The van der Waals surface area contributed by atoms with Crippen molar-refractivity contribution in [2.75, 3.05) is 5.75 Å². The van der Waals surface area contributed by atoms with Crippen molar-refractivity contribution in [1.29, 1.82) is 0 Å². The van der Waals surface area contributed by atoms with Gasteiger partial charge in [0.05, 0.1) is 6.42 Å². The van der Waals surface area contributed by atoms with E-state index in [1.165, 1.54) is 0 Å². The number of rotatable bonds is 5. The first-order valence-electron chi connectivity index (χ1n) is 8.18. The number of alkyl halides is 3. The second kappa shape index (κ2) is 7.70.